The Hall–Kier alpha value is -1.82. The van der Waals surface area contributed by atoms with Gasteiger partial charge in [-0.15, -0.1) is 0 Å². The summed E-state index contributed by atoms with van der Waals surface area (Å²) in [6, 6.07) is 0. The summed E-state index contributed by atoms with van der Waals surface area (Å²) in [5.74, 6) is -4.94. The minimum absolute atomic E-state index is 0.0160. The Morgan fingerprint density at radius 2 is 1.95 bits per heavy atom. The number of ether oxygens (including phenoxy) is 1. The monoisotopic (exact) mass is 305 g/mol. The summed E-state index contributed by atoms with van der Waals surface area (Å²) in [6.45, 7) is 6.09. The summed E-state index contributed by atoms with van der Waals surface area (Å²) in [6.07, 6.45) is 0.978. The lowest BCUT2D eigenvalue weighted by Gasteiger charge is -2.09. The van der Waals surface area contributed by atoms with Crippen molar-refractivity contribution in [1.82, 2.24) is 0 Å². The van der Waals surface area contributed by atoms with Gasteiger partial charge in [0.05, 0.1) is 6.61 Å². The van der Waals surface area contributed by atoms with E-state index in [0.717, 1.165) is 6.08 Å². The molecule has 0 spiro atoms. The minimum Gasteiger partial charge on any atom is -0.463 e. The first kappa shape index (κ1) is 16.2. The molecule has 20 heavy (non-hydrogen) atoms. The number of benzene rings is 1. The van der Waals surface area contributed by atoms with Gasteiger partial charge in [0.2, 0.25) is 0 Å². The number of hydrogen-bond acceptors (Lipinski definition) is 3. The zero-order valence-electron chi connectivity index (χ0n) is 10.8. The molecular formula is C13H11ClF3NO2. The lowest BCUT2D eigenvalue weighted by Crippen LogP contribution is -2.05. The molecule has 1 rings (SSSR count). The Morgan fingerprint density at radius 3 is 2.45 bits per heavy atom. The Labute approximate surface area is 118 Å². The second-order valence-electron chi connectivity index (χ2n) is 3.72. The number of rotatable bonds is 4. The second-order valence-corrected chi connectivity index (χ2v) is 4.10. The quantitative estimate of drug-likeness (QED) is 0.277. The highest BCUT2D eigenvalue weighted by Gasteiger charge is 2.23. The van der Waals surface area contributed by atoms with Crippen LogP contribution in [-0.2, 0) is 9.53 Å². The molecule has 1 aromatic rings. The highest BCUT2D eigenvalue weighted by atomic mass is 35.5. The molecule has 0 aliphatic carbocycles. The standard InChI is InChI=1S/C13H11ClF3NO2/c1-4-20-13(19)6(2)5-7-9(15)8(14)10(16)11(17)12(7)18-3/h5H,3-4H2,1-2H3/b6-5+. The Morgan fingerprint density at radius 1 is 1.35 bits per heavy atom. The largest absolute Gasteiger partial charge is 0.463 e. The van der Waals surface area contributed by atoms with E-state index in [9.17, 15) is 18.0 Å². The normalized spacial score (nSPS) is 11.4. The van der Waals surface area contributed by atoms with Crippen molar-refractivity contribution in [3.8, 4) is 0 Å². The van der Waals surface area contributed by atoms with Crippen LogP contribution in [0, 0.1) is 17.5 Å². The van der Waals surface area contributed by atoms with Crippen molar-refractivity contribution in [2.45, 2.75) is 13.8 Å². The van der Waals surface area contributed by atoms with Gasteiger partial charge in [-0.3, -0.25) is 4.99 Å². The van der Waals surface area contributed by atoms with E-state index in [-0.39, 0.29) is 12.2 Å². The molecular weight excluding hydrogens is 295 g/mol. The van der Waals surface area contributed by atoms with Crippen molar-refractivity contribution in [1.29, 1.82) is 0 Å². The third kappa shape index (κ3) is 3.01. The van der Waals surface area contributed by atoms with Crippen molar-refractivity contribution in [3.05, 3.63) is 33.6 Å². The van der Waals surface area contributed by atoms with Gasteiger partial charge in [0.15, 0.2) is 17.5 Å². The third-order valence-electron chi connectivity index (χ3n) is 2.39. The van der Waals surface area contributed by atoms with E-state index in [1.54, 1.807) is 6.92 Å². The molecule has 0 aliphatic heterocycles. The zero-order chi connectivity index (χ0) is 15.4. The van der Waals surface area contributed by atoms with Crippen LogP contribution in [0.5, 0.6) is 0 Å². The van der Waals surface area contributed by atoms with Crippen LogP contribution >= 0.6 is 11.6 Å². The molecule has 0 aromatic heterocycles. The summed E-state index contributed by atoms with van der Waals surface area (Å²) in [7, 11) is 0. The SMILES string of the molecule is C=Nc1c(F)c(F)c(Cl)c(F)c1/C=C(\C)C(=O)OCC. The van der Waals surface area contributed by atoms with Crippen molar-refractivity contribution in [3.63, 3.8) is 0 Å². The van der Waals surface area contributed by atoms with E-state index in [2.05, 4.69) is 11.7 Å². The van der Waals surface area contributed by atoms with Gasteiger partial charge in [0.1, 0.15) is 10.7 Å². The molecule has 0 aliphatic rings. The molecule has 0 amide bonds. The molecule has 108 valence electrons. The van der Waals surface area contributed by atoms with Crippen LogP contribution < -0.4 is 0 Å². The summed E-state index contributed by atoms with van der Waals surface area (Å²) >= 11 is 5.34. The molecule has 0 heterocycles. The number of carbonyl (C=O) groups excluding carboxylic acids is 1. The van der Waals surface area contributed by atoms with Crippen molar-refractivity contribution >= 4 is 36.1 Å². The van der Waals surface area contributed by atoms with Gasteiger partial charge < -0.3 is 4.74 Å². The predicted octanol–water partition coefficient (Wildman–Crippen LogP) is 4.06. The van der Waals surface area contributed by atoms with Gasteiger partial charge in [-0.05, 0) is 26.6 Å². The fourth-order valence-electron chi connectivity index (χ4n) is 1.44. The molecule has 0 bridgehead atoms. The zero-order valence-corrected chi connectivity index (χ0v) is 11.5. The summed E-state index contributed by atoms with van der Waals surface area (Å²) in [4.78, 5) is 14.7. The van der Waals surface area contributed by atoms with Crippen LogP contribution in [0.2, 0.25) is 5.02 Å². The first-order valence-electron chi connectivity index (χ1n) is 5.53. The summed E-state index contributed by atoms with van der Waals surface area (Å²) in [5, 5.41) is -1.02. The van der Waals surface area contributed by atoms with Gasteiger partial charge in [0, 0.05) is 11.1 Å². The maximum Gasteiger partial charge on any atom is 0.333 e. The van der Waals surface area contributed by atoms with E-state index >= 15 is 0 Å². The van der Waals surface area contributed by atoms with Crippen LogP contribution in [0.3, 0.4) is 0 Å². The first-order valence-corrected chi connectivity index (χ1v) is 5.91. The first-order chi connectivity index (χ1) is 9.34. The maximum atomic E-state index is 13.9. The van der Waals surface area contributed by atoms with E-state index < -0.39 is 39.7 Å². The lowest BCUT2D eigenvalue weighted by atomic mass is 10.1. The highest BCUT2D eigenvalue weighted by molar-refractivity contribution is 6.31. The van der Waals surface area contributed by atoms with Gasteiger partial charge in [0.25, 0.3) is 0 Å². The molecule has 0 unspecified atom stereocenters. The van der Waals surface area contributed by atoms with Crippen LogP contribution in [0.15, 0.2) is 10.6 Å². The molecule has 0 saturated heterocycles. The van der Waals surface area contributed by atoms with Gasteiger partial charge >= 0.3 is 5.97 Å². The van der Waals surface area contributed by atoms with E-state index in [1.165, 1.54) is 6.92 Å². The molecule has 0 N–H and O–H groups in total. The fraction of sp³-hybridized carbons (Fsp3) is 0.231. The van der Waals surface area contributed by atoms with Gasteiger partial charge in [-0.1, -0.05) is 11.6 Å². The summed E-state index contributed by atoms with van der Waals surface area (Å²) in [5.41, 5.74) is -1.14. The second kappa shape index (κ2) is 6.56. The molecule has 1 aromatic carbocycles. The lowest BCUT2D eigenvalue weighted by molar-refractivity contribution is -0.138. The molecule has 0 fully saturated rings. The predicted molar refractivity (Wildman–Crippen MR) is 70.8 cm³/mol. The molecule has 3 nitrogen and oxygen atoms in total. The molecule has 0 saturated carbocycles. The molecule has 0 radical (unpaired) electrons. The van der Waals surface area contributed by atoms with Crippen LogP contribution in [0.1, 0.15) is 19.4 Å². The number of carbonyl (C=O) groups is 1. The topological polar surface area (TPSA) is 38.7 Å². The van der Waals surface area contributed by atoms with Gasteiger partial charge in [-0.25, -0.2) is 18.0 Å². The number of esters is 1. The maximum absolute atomic E-state index is 13.9. The smallest absolute Gasteiger partial charge is 0.333 e. The molecule has 7 heteroatoms. The Kier molecular flexibility index (Phi) is 5.33. The number of nitrogens with zero attached hydrogens (tertiary/aromatic N) is 1. The number of hydrogen-bond donors (Lipinski definition) is 0. The van der Waals surface area contributed by atoms with Crippen LogP contribution in [0.25, 0.3) is 6.08 Å². The van der Waals surface area contributed by atoms with E-state index in [4.69, 9.17) is 16.3 Å². The van der Waals surface area contributed by atoms with Crippen molar-refractivity contribution < 1.29 is 22.7 Å². The summed E-state index contributed by atoms with van der Waals surface area (Å²) < 4.78 is 45.5. The van der Waals surface area contributed by atoms with Crippen LogP contribution in [-0.4, -0.2) is 19.3 Å². The highest BCUT2D eigenvalue weighted by Crippen LogP contribution is 2.35. The molecule has 0 atom stereocenters. The number of halogens is 4. The van der Waals surface area contributed by atoms with Crippen molar-refractivity contribution in [2.75, 3.05) is 6.61 Å². The fourth-order valence-corrected chi connectivity index (χ4v) is 1.63. The van der Waals surface area contributed by atoms with Gasteiger partial charge in [-0.2, -0.15) is 0 Å². The minimum atomic E-state index is -1.56. The average molecular weight is 306 g/mol. The third-order valence-corrected chi connectivity index (χ3v) is 2.73. The Bertz CT molecular complexity index is 600. The number of aliphatic imine (C=N–C) groups is 1. The van der Waals surface area contributed by atoms with Crippen molar-refractivity contribution in [2.24, 2.45) is 4.99 Å². The average Bonchev–Trinajstić information content (AvgIpc) is 2.43. The Balaban J connectivity index is 3.49. The van der Waals surface area contributed by atoms with Crippen LogP contribution in [0.4, 0.5) is 18.9 Å². The van der Waals surface area contributed by atoms with E-state index in [0.29, 0.717) is 0 Å². The van der Waals surface area contributed by atoms with E-state index in [1.807, 2.05) is 0 Å².